The second-order valence-electron chi connectivity index (χ2n) is 7.39. The van der Waals surface area contributed by atoms with E-state index in [1.54, 1.807) is 13.0 Å². The van der Waals surface area contributed by atoms with E-state index in [1.807, 2.05) is 0 Å². The molecule has 1 heterocycles. The van der Waals surface area contributed by atoms with Crippen molar-refractivity contribution in [1.82, 2.24) is 4.90 Å². The second kappa shape index (κ2) is 8.07. The van der Waals surface area contributed by atoms with Crippen molar-refractivity contribution in [1.29, 1.82) is 0 Å². The van der Waals surface area contributed by atoms with E-state index in [2.05, 4.69) is 0 Å². The van der Waals surface area contributed by atoms with Gasteiger partial charge in [0.1, 0.15) is 6.17 Å². The lowest BCUT2D eigenvalue weighted by Crippen LogP contribution is -2.51. The number of ether oxygens (including phenoxy) is 1. The van der Waals surface area contributed by atoms with Gasteiger partial charge in [-0.3, -0.25) is 14.5 Å². The van der Waals surface area contributed by atoms with E-state index >= 15 is 0 Å². The van der Waals surface area contributed by atoms with Crippen molar-refractivity contribution in [2.75, 3.05) is 6.61 Å². The highest BCUT2D eigenvalue weighted by Crippen LogP contribution is 2.43. The highest BCUT2D eigenvalue weighted by atomic mass is 35.5. The van der Waals surface area contributed by atoms with Gasteiger partial charge in [0, 0.05) is 11.5 Å². The number of amides is 2. The number of halogens is 2. The molecule has 6 atom stereocenters. The molecular weight excluding hydrogens is 361 g/mol. The fourth-order valence-corrected chi connectivity index (χ4v) is 4.85. The van der Waals surface area contributed by atoms with Gasteiger partial charge in [0.15, 0.2) is 0 Å². The average Bonchev–Trinajstić information content (AvgIpc) is 2.86. The van der Waals surface area contributed by atoms with Gasteiger partial charge in [0.25, 0.3) is 0 Å². The van der Waals surface area contributed by atoms with Crippen LogP contribution in [0.15, 0.2) is 12.2 Å². The number of fused-ring (bicyclic) bond motifs is 1. The number of esters is 1. The van der Waals surface area contributed by atoms with Gasteiger partial charge in [-0.1, -0.05) is 18.9 Å². The summed E-state index contributed by atoms with van der Waals surface area (Å²) in [5.74, 6) is -1.80. The number of rotatable bonds is 4. The third kappa shape index (κ3) is 3.66. The fraction of sp³-hybridized carbons (Fsp3) is 0.737. The first-order chi connectivity index (χ1) is 12.4. The maximum atomic E-state index is 14.7. The highest BCUT2D eigenvalue weighted by Gasteiger charge is 2.53. The number of nitrogens with zero attached hydrogens (tertiary/aromatic N) is 1. The van der Waals surface area contributed by atoms with Crippen LogP contribution in [-0.2, 0) is 19.1 Å². The number of likely N-dealkylation sites (tertiary alicyclic amines) is 1. The zero-order valence-corrected chi connectivity index (χ0v) is 15.7. The molecule has 2 saturated carbocycles. The standard InChI is InChI=1S/C19H25ClFNO4/c1-2-26-17(23)8-7-11-9-16(15(21)10-14(11)20)22-18(24)12-5-3-4-6-13(12)19(22)25/h7-8,11-16H,2-6,9-10H2,1H3/b8-7+. The molecule has 0 aromatic carbocycles. The Morgan fingerprint density at radius 2 is 1.85 bits per heavy atom. The number of imide groups is 1. The van der Waals surface area contributed by atoms with Crippen LogP contribution in [0.1, 0.15) is 45.4 Å². The molecule has 144 valence electrons. The molecule has 0 radical (unpaired) electrons. The molecule has 2 aliphatic carbocycles. The van der Waals surface area contributed by atoms with Crippen LogP contribution in [0.3, 0.4) is 0 Å². The van der Waals surface area contributed by atoms with Crippen molar-refractivity contribution in [2.45, 2.75) is 63.0 Å². The summed E-state index contributed by atoms with van der Waals surface area (Å²) in [5, 5.41) is -0.484. The summed E-state index contributed by atoms with van der Waals surface area (Å²) in [6, 6.07) is -0.799. The number of carbonyl (C=O) groups is 3. The quantitative estimate of drug-likeness (QED) is 0.323. The topological polar surface area (TPSA) is 63.7 Å². The molecule has 3 fully saturated rings. The largest absolute Gasteiger partial charge is 0.463 e. The molecule has 7 heteroatoms. The monoisotopic (exact) mass is 385 g/mol. The lowest BCUT2D eigenvalue weighted by atomic mass is 9.81. The molecule has 0 N–H and O–H groups in total. The summed E-state index contributed by atoms with van der Waals surface area (Å²) < 4.78 is 19.6. The van der Waals surface area contributed by atoms with Crippen molar-refractivity contribution >= 4 is 29.4 Å². The Labute approximate surface area is 157 Å². The van der Waals surface area contributed by atoms with Crippen LogP contribution >= 0.6 is 11.6 Å². The minimum absolute atomic E-state index is 0.0520. The van der Waals surface area contributed by atoms with E-state index in [-0.39, 0.29) is 49.0 Å². The van der Waals surface area contributed by atoms with Crippen molar-refractivity contribution < 1.29 is 23.5 Å². The summed E-state index contributed by atoms with van der Waals surface area (Å²) >= 11 is 6.27. The SMILES string of the molecule is CCOC(=O)/C=C/C1CC(N2C(=O)C3CCCCC3C2=O)C(F)CC1Cl. The first-order valence-corrected chi connectivity index (χ1v) is 9.87. The van der Waals surface area contributed by atoms with Crippen molar-refractivity contribution in [3.05, 3.63) is 12.2 Å². The Bertz CT molecular complexity index is 586. The molecule has 1 aliphatic heterocycles. The zero-order valence-electron chi connectivity index (χ0n) is 14.9. The lowest BCUT2D eigenvalue weighted by Gasteiger charge is -2.38. The molecule has 1 saturated heterocycles. The molecule has 3 aliphatic rings. The smallest absolute Gasteiger partial charge is 0.330 e. The third-order valence-electron chi connectivity index (χ3n) is 5.82. The number of hydrogen-bond donors (Lipinski definition) is 0. The molecule has 0 aromatic rings. The van der Waals surface area contributed by atoms with Crippen LogP contribution in [0.2, 0.25) is 0 Å². The number of allylic oxidation sites excluding steroid dienone is 1. The molecule has 3 rings (SSSR count). The summed E-state index contributed by atoms with van der Waals surface area (Å²) in [7, 11) is 0. The molecule has 26 heavy (non-hydrogen) atoms. The van der Waals surface area contributed by atoms with E-state index in [9.17, 15) is 18.8 Å². The zero-order chi connectivity index (χ0) is 18.8. The van der Waals surface area contributed by atoms with Gasteiger partial charge in [0.2, 0.25) is 11.8 Å². The Balaban J connectivity index is 1.75. The van der Waals surface area contributed by atoms with E-state index in [4.69, 9.17) is 16.3 Å². The Hall–Kier alpha value is -1.43. The number of hydrogen-bond acceptors (Lipinski definition) is 4. The van der Waals surface area contributed by atoms with Crippen LogP contribution in [0.4, 0.5) is 4.39 Å². The minimum atomic E-state index is -1.34. The number of carbonyl (C=O) groups excluding carboxylic acids is 3. The predicted molar refractivity (Wildman–Crippen MR) is 94.1 cm³/mol. The van der Waals surface area contributed by atoms with Gasteiger partial charge in [-0.2, -0.15) is 0 Å². The van der Waals surface area contributed by atoms with E-state index in [0.717, 1.165) is 12.8 Å². The Morgan fingerprint density at radius 1 is 1.23 bits per heavy atom. The first-order valence-electron chi connectivity index (χ1n) is 9.44. The van der Waals surface area contributed by atoms with Gasteiger partial charge in [-0.15, -0.1) is 11.6 Å². The van der Waals surface area contributed by atoms with Gasteiger partial charge in [0.05, 0.1) is 24.5 Å². The summed E-state index contributed by atoms with van der Waals surface area (Å²) in [5.41, 5.74) is 0. The summed E-state index contributed by atoms with van der Waals surface area (Å²) in [6.45, 7) is 1.98. The predicted octanol–water partition coefficient (Wildman–Crippen LogP) is 3.01. The molecule has 0 bridgehead atoms. The second-order valence-corrected chi connectivity index (χ2v) is 7.95. The van der Waals surface area contributed by atoms with Crippen LogP contribution in [0, 0.1) is 17.8 Å². The molecule has 0 spiro atoms. The van der Waals surface area contributed by atoms with Crippen LogP contribution in [0.25, 0.3) is 0 Å². The van der Waals surface area contributed by atoms with E-state index < -0.39 is 23.6 Å². The Kier molecular flexibility index (Phi) is 6.00. The van der Waals surface area contributed by atoms with Crippen LogP contribution in [0.5, 0.6) is 0 Å². The number of alkyl halides is 2. The minimum Gasteiger partial charge on any atom is -0.463 e. The average molecular weight is 386 g/mol. The van der Waals surface area contributed by atoms with Crippen LogP contribution in [-0.4, -0.2) is 46.9 Å². The van der Waals surface area contributed by atoms with Gasteiger partial charge < -0.3 is 4.74 Å². The van der Waals surface area contributed by atoms with Gasteiger partial charge in [-0.05, 0) is 38.5 Å². The van der Waals surface area contributed by atoms with Crippen molar-refractivity contribution in [3.63, 3.8) is 0 Å². The Morgan fingerprint density at radius 3 is 2.42 bits per heavy atom. The first kappa shape index (κ1) is 19.3. The maximum Gasteiger partial charge on any atom is 0.330 e. The van der Waals surface area contributed by atoms with Crippen molar-refractivity contribution in [2.24, 2.45) is 17.8 Å². The lowest BCUT2D eigenvalue weighted by molar-refractivity contribution is -0.145. The van der Waals surface area contributed by atoms with Crippen LogP contribution < -0.4 is 0 Å². The normalized spacial score (nSPS) is 37.9. The molecule has 2 amide bonds. The summed E-state index contributed by atoms with van der Waals surface area (Å²) in [4.78, 5) is 38.2. The maximum absolute atomic E-state index is 14.7. The molecule has 5 nitrogen and oxygen atoms in total. The summed E-state index contributed by atoms with van der Waals surface area (Å²) in [6.07, 6.45) is 5.16. The molecule has 6 unspecified atom stereocenters. The van der Waals surface area contributed by atoms with Crippen molar-refractivity contribution in [3.8, 4) is 0 Å². The highest BCUT2D eigenvalue weighted by molar-refractivity contribution is 6.21. The fourth-order valence-electron chi connectivity index (χ4n) is 4.49. The van der Waals surface area contributed by atoms with Gasteiger partial charge in [-0.25, -0.2) is 9.18 Å². The van der Waals surface area contributed by atoms with E-state index in [0.29, 0.717) is 12.8 Å². The third-order valence-corrected chi connectivity index (χ3v) is 6.32. The van der Waals surface area contributed by atoms with E-state index in [1.165, 1.54) is 11.0 Å². The molecule has 0 aromatic heterocycles. The molecular formula is C19H25ClFNO4. The van der Waals surface area contributed by atoms with Gasteiger partial charge >= 0.3 is 5.97 Å².